The topological polar surface area (TPSA) is 83.6 Å². The van der Waals surface area contributed by atoms with E-state index in [1.165, 1.54) is 18.6 Å². The number of nitrogens with one attached hydrogen (secondary N) is 2. The van der Waals surface area contributed by atoms with Crippen molar-refractivity contribution in [2.24, 2.45) is 0 Å². The molecule has 1 aromatic carbocycles. The lowest BCUT2D eigenvalue weighted by Crippen LogP contribution is -2.13. The van der Waals surface area contributed by atoms with Crippen LogP contribution in [0.15, 0.2) is 55.0 Å². The molecular weight excluding hydrogens is 254 g/mol. The summed E-state index contributed by atoms with van der Waals surface area (Å²) in [7, 11) is 0. The molecule has 0 saturated carbocycles. The van der Waals surface area contributed by atoms with Crippen molar-refractivity contribution < 1.29 is 4.79 Å². The van der Waals surface area contributed by atoms with Gasteiger partial charge in [0.1, 0.15) is 5.69 Å². The SMILES string of the molecule is O=C(Nc1cc(-c2ccccc2)[nH]n1)c1cnccn1. The van der Waals surface area contributed by atoms with E-state index in [9.17, 15) is 4.79 Å². The van der Waals surface area contributed by atoms with Gasteiger partial charge in [0, 0.05) is 18.5 Å². The fourth-order valence-corrected chi connectivity index (χ4v) is 1.75. The number of amides is 1. The summed E-state index contributed by atoms with van der Waals surface area (Å²) >= 11 is 0. The maximum absolute atomic E-state index is 11.9. The molecule has 20 heavy (non-hydrogen) atoms. The predicted octanol–water partition coefficient (Wildman–Crippen LogP) is 2.12. The van der Waals surface area contributed by atoms with Crippen LogP contribution in [0.5, 0.6) is 0 Å². The first-order valence-corrected chi connectivity index (χ1v) is 6.01. The molecule has 2 N–H and O–H groups in total. The number of carbonyl (C=O) groups excluding carboxylic acids is 1. The molecule has 0 atom stereocenters. The minimum Gasteiger partial charge on any atom is -0.304 e. The molecule has 3 rings (SSSR count). The van der Waals surface area contributed by atoms with Crippen molar-refractivity contribution in [1.82, 2.24) is 20.2 Å². The maximum Gasteiger partial charge on any atom is 0.277 e. The van der Waals surface area contributed by atoms with Gasteiger partial charge >= 0.3 is 0 Å². The van der Waals surface area contributed by atoms with Crippen molar-refractivity contribution in [3.05, 3.63) is 60.7 Å². The number of hydrogen-bond acceptors (Lipinski definition) is 4. The van der Waals surface area contributed by atoms with E-state index in [1.54, 1.807) is 6.07 Å². The second-order valence-corrected chi connectivity index (χ2v) is 4.08. The van der Waals surface area contributed by atoms with Crippen LogP contribution in [0, 0.1) is 0 Å². The Morgan fingerprint density at radius 3 is 2.75 bits per heavy atom. The molecule has 0 bridgehead atoms. The molecule has 0 spiro atoms. The molecule has 2 aromatic heterocycles. The summed E-state index contributed by atoms with van der Waals surface area (Å²) in [6.07, 6.45) is 4.38. The van der Waals surface area contributed by atoms with Gasteiger partial charge in [0.05, 0.1) is 11.9 Å². The summed E-state index contributed by atoms with van der Waals surface area (Å²) in [6, 6.07) is 11.5. The Hall–Kier alpha value is -3.02. The fourth-order valence-electron chi connectivity index (χ4n) is 1.75. The number of aromatic amines is 1. The van der Waals surface area contributed by atoms with Gasteiger partial charge < -0.3 is 5.32 Å². The second-order valence-electron chi connectivity index (χ2n) is 4.08. The molecule has 6 heteroatoms. The number of rotatable bonds is 3. The van der Waals surface area contributed by atoms with Gasteiger partial charge in [-0.2, -0.15) is 5.10 Å². The normalized spacial score (nSPS) is 10.2. The summed E-state index contributed by atoms with van der Waals surface area (Å²) in [5.41, 5.74) is 2.08. The molecule has 1 amide bonds. The number of carbonyl (C=O) groups is 1. The first kappa shape index (κ1) is 12.0. The van der Waals surface area contributed by atoms with E-state index in [0.717, 1.165) is 11.3 Å². The predicted molar refractivity (Wildman–Crippen MR) is 74.0 cm³/mol. The largest absolute Gasteiger partial charge is 0.304 e. The Kier molecular flexibility index (Phi) is 3.20. The van der Waals surface area contributed by atoms with Crippen molar-refractivity contribution in [3.63, 3.8) is 0 Å². The van der Waals surface area contributed by atoms with Gasteiger partial charge in [-0.25, -0.2) is 4.98 Å². The van der Waals surface area contributed by atoms with E-state index in [2.05, 4.69) is 25.5 Å². The highest BCUT2D eigenvalue weighted by Crippen LogP contribution is 2.19. The van der Waals surface area contributed by atoms with Crippen molar-refractivity contribution in [1.29, 1.82) is 0 Å². The quantitative estimate of drug-likeness (QED) is 0.759. The van der Waals surface area contributed by atoms with E-state index < -0.39 is 0 Å². The summed E-state index contributed by atoms with van der Waals surface area (Å²) in [5, 5.41) is 9.60. The smallest absolute Gasteiger partial charge is 0.277 e. The molecule has 6 nitrogen and oxygen atoms in total. The zero-order valence-electron chi connectivity index (χ0n) is 10.4. The van der Waals surface area contributed by atoms with Crippen LogP contribution in [0.3, 0.4) is 0 Å². The number of aromatic nitrogens is 4. The van der Waals surface area contributed by atoms with E-state index in [-0.39, 0.29) is 11.6 Å². The zero-order valence-corrected chi connectivity index (χ0v) is 10.4. The van der Waals surface area contributed by atoms with E-state index in [0.29, 0.717) is 5.82 Å². The van der Waals surface area contributed by atoms with Crippen molar-refractivity contribution >= 4 is 11.7 Å². The summed E-state index contributed by atoms with van der Waals surface area (Å²) < 4.78 is 0. The van der Waals surface area contributed by atoms with Crippen LogP contribution in [0.1, 0.15) is 10.5 Å². The number of benzene rings is 1. The van der Waals surface area contributed by atoms with Gasteiger partial charge in [0.15, 0.2) is 5.82 Å². The van der Waals surface area contributed by atoms with E-state index >= 15 is 0 Å². The minimum atomic E-state index is -0.343. The third-order valence-electron chi connectivity index (χ3n) is 2.70. The van der Waals surface area contributed by atoms with Crippen LogP contribution in [-0.2, 0) is 0 Å². The summed E-state index contributed by atoms with van der Waals surface area (Å²) in [6.45, 7) is 0. The third-order valence-corrected chi connectivity index (χ3v) is 2.70. The molecule has 0 radical (unpaired) electrons. The van der Waals surface area contributed by atoms with E-state index in [1.807, 2.05) is 30.3 Å². The Morgan fingerprint density at radius 1 is 1.15 bits per heavy atom. The molecule has 0 aliphatic rings. The van der Waals surface area contributed by atoms with Gasteiger partial charge in [-0.05, 0) is 5.56 Å². The molecule has 0 unspecified atom stereocenters. The molecule has 0 saturated heterocycles. The highest BCUT2D eigenvalue weighted by molar-refractivity contribution is 6.02. The van der Waals surface area contributed by atoms with E-state index in [4.69, 9.17) is 0 Å². The maximum atomic E-state index is 11.9. The molecular formula is C14H11N5O. The van der Waals surface area contributed by atoms with Crippen LogP contribution < -0.4 is 5.32 Å². The van der Waals surface area contributed by atoms with Gasteiger partial charge in [0.2, 0.25) is 0 Å². The number of H-pyrrole nitrogens is 1. The van der Waals surface area contributed by atoms with Gasteiger partial charge in [-0.3, -0.25) is 14.9 Å². The molecule has 0 aliphatic carbocycles. The average Bonchev–Trinajstić information content (AvgIpc) is 2.97. The Bertz CT molecular complexity index is 709. The summed E-state index contributed by atoms with van der Waals surface area (Å²) in [5.74, 6) is 0.101. The number of nitrogens with zero attached hydrogens (tertiary/aromatic N) is 3. The average molecular weight is 265 g/mol. The lowest BCUT2D eigenvalue weighted by Gasteiger charge is -1.99. The highest BCUT2D eigenvalue weighted by Gasteiger charge is 2.10. The van der Waals surface area contributed by atoms with Crippen LogP contribution >= 0.6 is 0 Å². The minimum absolute atomic E-state index is 0.247. The lowest BCUT2D eigenvalue weighted by molar-refractivity contribution is 0.102. The Balaban J connectivity index is 1.77. The summed E-state index contributed by atoms with van der Waals surface area (Å²) in [4.78, 5) is 19.7. The van der Waals surface area contributed by atoms with Gasteiger partial charge in [-0.15, -0.1) is 0 Å². The second kappa shape index (κ2) is 5.31. The van der Waals surface area contributed by atoms with Crippen molar-refractivity contribution in [3.8, 4) is 11.3 Å². The van der Waals surface area contributed by atoms with Crippen molar-refractivity contribution in [2.75, 3.05) is 5.32 Å². The molecule has 3 aromatic rings. The lowest BCUT2D eigenvalue weighted by atomic mass is 10.1. The number of hydrogen-bond donors (Lipinski definition) is 2. The standard InChI is InChI=1S/C14H11N5O/c20-14(12-9-15-6-7-16-12)17-13-8-11(18-19-13)10-4-2-1-3-5-10/h1-9H,(H2,17,18,19,20). The number of anilines is 1. The van der Waals surface area contributed by atoms with Crippen LogP contribution in [0.4, 0.5) is 5.82 Å². The Morgan fingerprint density at radius 2 is 2.00 bits per heavy atom. The molecule has 0 fully saturated rings. The van der Waals surface area contributed by atoms with Gasteiger partial charge in [-0.1, -0.05) is 30.3 Å². The third kappa shape index (κ3) is 2.54. The first-order chi connectivity index (χ1) is 9.83. The molecule has 98 valence electrons. The molecule has 2 heterocycles. The fraction of sp³-hybridized carbons (Fsp3) is 0. The van der Waals surface area contributed by atoms with Crippen LogP contribution in [0.25, 0.3) is 11.3 Å². The van der Waals surface area contributed by atoms with Crippen LogP contribution in [-0.4, -0.2) is 26.1 Å². The zero-order chi connectivity index (χ0) is 13.8. The monoisotopic (exact) mass is 265 g/mol. The van der Waals surface area contributed by atoms with Crippen LogP contribution in [0.2, 0.25) is 0 Å². The van der Waals surface area contributed by atoms with Crippen molar-refractivity contribution in [2.45, 2.75) is 0 Å². The molecule has 0 aliphatic heterocycles. The van der Waals surface area contributed by atoms with Gasteiger partial charge in [0.25, 0.3) is 5.91 Å². The first-order valence-electron chi connectivity index (χ1n) is 6.01. The Labute approximate surface area is 114 Å². The highest BCUT2D eigenvalue weighted by atomic mass is 16.1.